The standard InChI is InChI=1S/C19H19F3N2O3S/c20-19(21,22)15-10-4-6-12-17(15)28(26,27)24-16-11-5-3-9-14(16)18(25)23-13-7-1-2-8-13/h3-6,9-13,24H,1-2,7-8H2,(H,23,25). The molecule has 0 atom stereocenters. The van der Waals surface area contributed by atoms with E-state index >= 15 is 0 Å². The molecule has 0 aromatic heterocycles. The Morgan fingerprint density at radius 3 is 2.25 bits per heavy atom. The van der Waals surface area contributed by atoms with Crippen LogP contribution in [-0.4, -0.2) is 20.4 Å². The maximum absolute atomic E-state index is 13.2. The van der Waals surface area contributed by atoms with Gasteiger partial charge in [-0.3, -0.25) is 9.52 Å². The minimum absolute atomic E-state index is 0.0168. The number of amides is 1. The number of nitrogens with one attached hydrogen (secondary N) is 2. The highest BCUT2D eigenvalue weighted by molar-refractivity contribution is 7.92. The minimum atomic E-state index is -4.83. The van der Waals surface area contributed by atoms with Gasteiger partial charge in [-0.05, 0) is 37.1 Å². The summed E-state index contributed by atoms with van der Waals surface area (Å²) in [6.07, 6.45) is -1.12. The second kappa shape index (κ2) is 7.83. The zero-order chi connectivity index (χ0) is 20.4. The molecule has 1 aliphatic rings. The fourth-order valence-corrected chi connectivity index (χ4v) is 4.55. The van der Waals surface area contributed by atoms with Crippen LogP contribution in [0.15, 0.2) is 53.4 Å². The molecule has 1 aliphatic carbocycles. The number of carbonyl (C=O) groups excluding carboxylic acids is 1. The van der Waals surface area contributed by atoms with Crippen LogP contribution in [0.25, 0.3) is 0 Å². The molecule has 1 amide bonds. The van der Waals surface area contributed by atoms with E-state index < -0.39 is 32.6 Å². The topological polar surface area (TPSA) is 75.3 Å². The Bertz CT molecular complexity index is 968. The van der Waals surface area contributed by atoms with E-state index in [0.717, 1.165) is 37.8 Å². The molecule has 0 aliphatic heterocycles. The SMILES string of the molecule is O=C(NC1CCCC1)c1ccccc1NS(=O)(=O)c1ccccc1C(F)(F)F. The third-order valence-corrected chi connectivity index (χ3v) is 6.01. The fraction of sp³-hybridized carbons (Fsp3) is 0.316. The van der Waals surface area contributed by atoms with Crippen molar-refractivity contribution in [3.63, 3.8) is 0 Å². The molecule has 150 valence electrons. The van der Waals surface area contributed by atoms with Crippen molar-refractivity contribution in [1.29, 1.82) is 0 Å². The Morgan fingerprint density at radius 1 is 0.964 bits per heavy atom. The summed E-state index contributed by atoms with van der Waals surface area (Å²) in [5, 5.41) is 2.84. The van der Waals surface area contributed by atoms with E-state index in [9.17, 15) is 26.4 Å². The Kier molecular flexibility index (Phi) is 5.64. The van der Waals surface area contributed by atoms with Crippen LogP contribution in [0.1, 0.15) is 41.6 Å². The number of halogens is 3. The van der Waals surface area contributed by atoms with Crippen LogP contribution in [0.2, 0.25) is 0 Å². The molecule has 1 saturated carbocycles. The summed E-state index contributed by atoms with van der Waals surface area (Å²) >= 11 is 0. The molecule has 0 saturated heterocycles. The molecule has 2 N–H and O–H groups in total. The van der Waals surface area contributed by atoms with Gasteiger partial charge in [0.2, 0.25) is 0 Å². The number of hydrogen-bond acceptors (Lipinski definition) is 3. The van der Waals surface area contributed by atoms with Crippen LogP contribution in [0.4, 0.5) is 18.9 Å². The minimum Gasteiger partial charge on any atom is -0.349 e. The molecule has 5 nitrogen and oxygen atoms in total. The first-order valence-corrected chi connectivity index (χ1v) is 10.3. The highest BCUT2D eigenvalue weighted by atomic mass is 32.2. The van der Waals surface area contributed by atoms with Crippen molar-refractivity contribution in [3.05, 3.63) is 59.7 Å². The van der Waals surface area contributed by atoms with Gasteiger partial charge in [0.25, 0.3) is 15.9 Å². The lowest BCUT2D eigenvalue weighted by molar-refractivity contribution is -0.139. The van der Waals surface area contributed by atoms with E-state index in [-0.39, 0.29) is 17.3 Å². The van der Waals surface area contributed by atoms with Crippen molar-refractivity contribution in [1.82, 2.24) is 5.32 Å². The molecule has 28 heavy (non-hydrogen) atoms. The lowest BCUT2D eigenvalue weighted by atomic mass is 10.1. The molecule has 0 radical (unpaired) electrons. The van der Waals surface area contributed by atoms with E-state index in [1.807, 2.05) is 0 Å². The van der Waals surface area contributed by atoms with Crippen LogP contribution in [0.5, 0.6) is 0 Å². The van der Waals surface area contributed by atoms with Crippen molar-refractivity contribution in [2.24, 2.45) is 0 Å². The molecule has 0 bridgehead atoms. The number of alkyl halides is 3. The predicted molar refractivity (Wildman–Crippen MR) is 98.4 cm³/mol. The normalized spacial score (nSPS) is 15.4. The monoisotopic (exact) mass is 412 g/mol. The third-order valence-electron chi connectivity index (χ3n) is 4.59. The van der Waals surface area contributed by atoms with Gasteiger partial charge in [-0.1, -0.05) is 37.1 Å². The lowest BCUT2D eigenvalue weighted by Gasteiger charge is -2.17. The molecular weight excluding hydrogens is 393 g/mol. The van der Waals surface area contributed by atoms with Crippen molar-refractivity contribution < 1.29 is 26.4 Å². The molecule has 0 heterocycles. The van der Waals surface area contributed by atoms with E-state index in [1.54, 1.807) is 6.07 Å². The summed E-state index contributed by atoms with van der Waals surface area (Å²) in [5.74, 6) is -0.464. The first kappa shape index (κ1) is 20.2. The summed E-state index contributed by atoms with van der Waals surface area (Å²) in [6, 6.07) is 9.76. The van der Waals surface area contributed by atoms with E-state index in [0.29, 0.717) is 6.07 Å². The molecule has 0 unspecified atom stereocenters. The van der Waals surface area contributed by atoms with Crippen molar-refractivity contribution >= 4 is 21.6 Å². The largest absolute Gasteiger partial charge is 0.417 e. The highest BCUT2D eigenvalue weighted by Gasteiger charge is 2.37. The number of sulfonamides is 1. The second-order valence-electron chi connectivity index (χ2n) is 6.60. The Balaban J connectivity index is 1.91. The summed E-state index contributed by atoms with van der Waals surface area (Å²) in [6.45, 7) is 0. The first-order valence-electron chi connectivity index (χ1n) is 8.77. The van der Waals surface area contributed by atoms with Gasteiger partial charge in [0.15, 0.2) is 0 Å². The molecule has 1 fully saturated rings. The van der Waals surface area contributed by atoms with Gasteiger partial charge >= 0.3 is 6.18 Å². The number of carbonyl (C=O) groups is 1. The van der Waals surface area contributed by atoms with Gasteiger partial charge in [0.1, 0.15) is 0 Å². The zero-order valence-corrected chi connectivity index (χ0v) is 15.6. The van der Waals surface area contributed by atoms with Crippen LogP contribution in [0, 0.1) is 0 Å². The number of benzene rings is 2. The molecule has 9 heteroatoms. The average molecular weight is 412 g/mol. The van der Waals surface area contributed by atoms with Crippen molar-refractivity contribution in [3.8, 4) is 0 Å². The molecule has 2 aromatic rings. The number of hydrogen-bond donors (Lipinski definition) is 2. The van der Waals surface area contributed by atoms with Gasteiger partial charge in [-0.25, -0.2) is 8.42 Å². The smallest absolute Gasteiger partial charge is 0.349 e. The van der Waals surface area contributed by atoms with Crippen LogP contribution in [0.3, 0.4) is 0 Å². The van der Waals surface area contributed by atoms with Gasteiger partial charge in [-0.15, -0.1) is 0 Å². The lowest BCUT2D eigenvalue weighted by Crippen LogP contribution is -2.33. The first-order chi connectivity index (χ1) is 13.2. The van der Waals surface area contributed by atoms with Crippen molar-refractivity contribution in [2.75, 3.05) is 4.72 Å². The summed E-state index contributed by atoms with van der Waals surface area (Å²) in [5.41, 5.74) is -1.28. The van der Waals surface area contributed by atoms with Crippen LogP contribution >= 0.6 is 0 Å². The summed E-state index contributed by atoms with van der Waals surface area (Å²) < 4.78 is 67.0. The molecule has 0 spiro atoms. The van der Waals surface area contributed by atoms with E-state index in [4.69, 9.17) is 0 Å². The van der Waals surface area contributed by atoms with E-state index in [2.05, 4.69) is 10.0 Å². The van der Waals surface area contributed by atoms with Gasteiger partial charge in [-0.2, -0.15) is 13.2 Å². The maximum atomic E-state index is 13.2. The fourth-order valence-electron chi connectivity index (χ4n) is 3.24. The van der Waals surface area contributed by atoms with Crippen LogP contribution < -0.4 is 10.0 Å². The van der Waals surface area contributed by atoms with Gasteiger partial charge < -0.3 is 5.32 Å². The Hall–Kier alpha value is -2.55. The Morgan fingerprint density at radius 2 is 1.57 bits per heavy atom. The van der Waals surface area contributed by atoms with Crippen molar-refractivity contribution in [2.45, 2.75) is 42.8 Å². The summed E-state index contributed by atoms with van der Waals surface area (Å²) in [7, 11) is -4.56. The second-order valence-corrected chi connectivity index (χ2v) is 8.25. The molecule has 2 aromatic carbocycles. The number of anilines is 1. The Labute approximate surface area is 161 Å². The predicted octanol–water partition coefficient (Wildman–Crippen LogP) is 4.18. The number of rotatable bonds is 5. The highest BCUT2D eigenvalue weighted by Crippen LogP contribution is 2.35. The van der Waals surface area contributed by atoms with Gasteiger partial charge in [0, 0.05) is 6.04 Å². The third kappa shape index (κ3) is 4.46. The molecule has 3 rings (SSSR count). The van der Waals surface area contributed by atoms with Crippen LogP contribution in [-0.2, 0) is 16.2 Å². The molecular formula is C19H19F3N2O3S. The van der Waals surface area contributed by atoms with Gasteiger partial charge in [0.05, 0.1) is 21.7 Å². The quantitative estimate of drug-likeness (QED) is 0.774. The number of para-hydroxylation sites is 1. The average Bonchev–Trinajstić information content (AvgIpc) is 3.14. The summed E-state index contributed by atoms with van der Waals surface area (Å²) in [4.78, 5) is 11.6. The zero-order valence-electron chi connectivity index (χ0n) is 14.8. The van der Waals surface area contributed by atoms with E-state index in [1.165, 1.54) is 24.3 Å². The maximum Gasteiger partial charge on any atom is 0.417 e.